The van der Waals surface area contributed by atoms with Crippen LogP contribution < -0.4 is 10.3 Å². The van der Waals surface area contributed by atoms with Crippen LogP contribution in [0.1, 0.15) is 50.0 Å². The van der Waals surface area contributed by atoms with Crippen molar-refractivity contribution in [3.05, 3.63) is 50.5 Å². The molecule has 1 N–H and O–H groups in total. The lowest BCUT2D eigenvalue weighted by molar-refractivity contribution is 0.0313. The summed E-state index contributed by atoms with van der Waals surface area (Å²) in [7, 11) is 1.63. The molecule has 1 aliphatic heterocycles. The number of carboxylic acid groups (broad SMARTS) is 1. The molecule has 10 heteroatoms. The molecule has 2 aliphatic rings. The summed E-state index contributed by atoms with van der Waals surface area (Å²) in [5, 5.41) is 9.46. The van der Waals surface area contributed by atoms with Crippen molar-refractivity contribution in [3.63, 3.8) is 0 Å². The Balaban J connectivity index is 1.64. The van der Waals surface area contributed by atoms with Crippen molar-refractivity contribution in [2.45, 2.75) is 45.3 Å². The first-order valence-electron chi connectivity index (χ1n) is 11.0. The van der Waals surface area contributed by atoms with Crippen molar-refractivity contribution >= 4 is 40.3 Å². The third-order valence-corrected chi connectivity index (χ3v) is 6.17. The number of rotatable bonds is 5. The van der Waals surface area contributed by atoms with E-state index in [0.717, 1.165) is 24.5 Å². The van der Waals surface area contributed by atoms with Crippen LogP contribution in [-0.4, -0.2) is 58.9 Å². The third-order valence-electron chi connectivity index (χ3n) is 5.81. The Kier molecular flexibility index (Phi) is 6.10. The van der Waals surface area contributed by atoms with Crippen molar-refractivity contribution in [2.24, 2.45) is 0 Å². The summed E-state index contributed by atoms with van der Waals surface area (Å²) in [6.07, 6.45) is 4.41. The Bertz CT molecular complexity index is 1280. The van der Waals surface area contributed by atoms with E-state index >= 15 is 4.39 Å². The molecule has 1 saturated carbocycles. The van der Waals surface area contributed by atoms with Gasteiger partial charge in [-0.2, -0.15) is 0 Å². The number of carbonyl (C=O) groups is 2. The minimum atomic E-state index is -1.36. The van der Waals surface area contributed by atoms with Crippen molar-refractivity contribution in [1.29, 1.82) is 0 Å². The highest BCUT2D eigenvalue weighted by Crippen LogP contribution is 2.42. The van der Waals surface area contributed by atoms with Gasteiger partial charge in [-0.3, -0.25) is 4.79 Å². The quantitative estimate of drug-likeness (QED) is 0.622. The van der Waals surface area contributed by atoms with Gasteiger partial charge in [0.05, 0.1) is 21.6 Å². The SMILES string of the molecule is CN(CC1=CCN(c2c(F)cc3c(=O)c(C(=O)O)cn(C4CC4)c3c2Cl)C1)C(=O)OC(C)(C)C. The molecule has 1 aromatic heterocycles. The van der Waals surface area contributed by atoms with Gasteiger partial charge >= 0.3 is 12.1 Å². The molecule has 0 bridgehead atoms. The Morgan fingerprint density at radius 1 is 1.32 bits per heavy atom. The number of aromatic nitrogens is 1. The Morgan fingerprint density at radius 3 is 2.59 bits per heavy atom. The predicted octanol–water partition coefficient (Wildman–Crippen LogP) is 4.44. The monoisotopic (exact) mass is 491 g/mol. The molecule has 1 aliphatic carbocycles. The fourth-order valence-corrected chi connectivity index (χ4v) is 4.53. The lowest BCUT2D eigenvalue weighted by Gasteiger charge is -2.26. The van der Waals surface area contributed by atoms with Gasteiger partial charge in [0, 0.05) is 38.9 Å². The molecule has 4 rings (SSSR count). The van der Waals surface area contributed by atoms with E-state index in [-0.39, 0.29) is 22.1 Å². The second-order valence-corrected chi connectivity index (χ2v) is 10.2. The van der Waals surface area contributed by atoms with Crippen LogP contribution in [0, 0.1) is 5.82 Å². The minimum absolute atomic E-state index is 0.0201. The van der Waals surface area contributed by atoms with Gasteiger partial charge in [0.1, 0.15) is 17.0 Å². The first-order chi connectivity index (χ1) is 15.9. The number of fused-ring (bicyclic) bond motifs is 1. The molecule has 0 atom stereocenters. The topological polar surface area (TPSA) is 92.1 Å². The zero-order valence-electron chi connectivity index (χ0n) is 19.5. The van der Waals surface area contributed by atoms with Crippen molar-refractivity contribution in [3.8, 4) is 0 Å². The number of carboxylic acids is 1. The molecule has 0 saturated heterocycles. The summed E-state index contributed by atoms with van der Waals surface area (Å²) in [4.78, 5) is 39.8. The number of likely N-dealkylation sites (N-methyl/N-ethyl adjacent to an activating group) is 1. The maximum atomic E-state index is 15.3. The molecule has 1 aromatic carbocycles. The molecule has 0 unspecified atom stereocenters. The second kappa shape index (κ2) is 8.61. The van der Waals surface area contributed by atoms with Gasteiger partial charge in [0.2, 0.25) is 5.43 Å². The highest BCUT2D eigenvalue weighted by Gasteiger charge is 2.31. The second-order valence-electron chi connectivity index (χ2n) is 9.81. The Morgan fingerprint density at radius 2 is 2.00 bits per heavy atom. The zero-order valence-corrected chi connectivity index (χ0v) is 20.3. The number of anilines is 1. The van der Waals surface area contributed by atoms with E-state index in [1.54, 1.807) is 37.3 Å². The number of carbonyl (C=O) groups excluding carboxylic acids is 1. The maximum absolute atomic E-state index is 15.3. The summed E-state index contributed by atoms with van der Waals surface area (Å²) >= 11 is 6.69. The molecule has 0 spiro atoms. The number of ether oxygens (including phenoxy) is 1. The summed E-state index contributed by atoms with van der Waals surface area (Å²) in [6.45, 7) is 6.41. The highest BCUT2D eigenvalue weighted by molar-refractivity contribution is 6.38. The largest absolute Gasteiger partial charge is 0.477 e. The standard InChI is InChI=1S/C24H27ClFN3O5/c1-24(2,3)34-23(33)27(4)10-13-7-8-28(11-13)20-17(26)9-15-19(18(20)25)29(14-5-6-14)12-16(21(15)30)22(31)32/h7,9,12,14H,5-6,8,10-11H2,1-4H3,(H,31,32). The van der Waals surface area contributed by atoms with Crippen LogP contribution in [0.25, 0.3) is 10.9 Å². The number of halogens is 2. The van der Waals surface area contributed by atoms with Crippen LogP contribution >= 0.6 is 11.6 Å². The molecule has 8 nitrogen and oxygen atoms in total. The van der Waals surface area contributed by atoms with Crippen molar-refractivity contribution in [1.82, 2.24) is 9.47 Å². The van der Waals surface area contributed by atoms with E-state index in [2.05, 4.69) is 0 Å². The predicted molar refractivity (Wildman–Crippen MR) is 128 cm³/mol. The van der Waals surface area contributed by atoms with E-state index < -0.39 is 34.5 Å². The maximum Gasteiger partial charge on any atom is 0.410 e. The van der Waals surface area contributed by atoms with E-state index in [1.165, 1.54) is 11.1 Å². The molecule has 182 valence electrons. The van der Waals surface area contributed by atoms with Crippen LogP contribution in [0.2, 0.25) is 5.02 Å². The number of pyridine rings is 1. The number of benzene rings is 1. The van der Waals surface area contributed by atoms with Gasteiger partial charge in [0.15, 0.2) is 0 Å². The number of hydrogen-bond donors (Lipinski definition) is 1. The summed E-state index contributed by atoms with van der Waals surface area (Å²) in [5.41, 5.74) is -0.387. The third kappa shape index (κ3) is 4.61. The van der Waals surface area contributed by atoms with E-state index in [4.69, 9.17) is 16.3 Å². The fraction of sp³-hybridized carbons (Fsp3) is 0.458. The smallest absolute Gasteiger partial charge is 0.410 e. The summed E-state index contributed by atoms with van der Waals surface area (Å²) in [6, 6.07) is 1.10. The molecule has 1 amide bonds. The van der Waals surface area contributed by atoms with E-state index in [1.807, 2.05) is 6.08 Å². The molecule has 2 aromatic rings. The van der Waals surface area contributed by atoms with Crippen LogP contribution in [0.15, 0.2) is 28.7 Å². The van der Waals surface area contributed by atoms with Gasteiger partial charge in [-0.1, -0.05) is 17.7 Å². The molecular weight excluding hydrogens is 465 g/mol. The average Bonchev–Trinajstić information content (AvgIpc) is 3.47. The summed E-state index contributed by atoms with van der Waals surface area (Å²) in [5.74, 6) is -2.06. The lowest BCUT2D eigenvalue weighted by Crippen LogP contribution is -2.36. The first kappa shape index (κ1) is 24.1. The van der Waals surface area contributed by atoms with Gasteiger partial charge in [-0.25, -0.2) is 14.0 Å². The molecule has 34 heavy (non-hydrogen) atoms. The van der Waals surface area contributed by atoms with Crippen LogP contribution in [0.4, 0.5) is 14.9 Å². The molecular formula is C24H27ClFN3O5. The Hall–Kier alpha value is -3.07. The first-order valence-corrected chi connectivity index (χ1v) is 11.4. The molecule has 0 radical (unpaired) electrons. The van der Waals surface area contributed by atoms with Gasteiger partial charge in [0.25, 0.3) is 0 Å². The van der Waals surface area contributed by atoms with Gasteiger partial charge in [-0.05, 0) is 45.3 Å². The van der Waals surface area contributed by atoms with Crippen LogP contribution in [0.5, 0.6) is 0 Å². The highest BCUT2D eigenvalue weighted by atomic mass is 35.5. The van der Waals surface area contributed by atoms with E-state index in [9.17, 15) is 19.5 Å². The minimum Gasteiger partial charge on any atom is -0.477 e. The average molecular weight is 492 g/mol. The number of nitrogens with zero attached hydrogens (tertiary/aromatic N) is 3. The summed E-state index contributed by atoms with van der Waals surface area (Å²) < 4.78 is 22.3. The van der Waals surface area contributed by atoms with E-state index in [0.29, 0.717) is 25.2 Å². The van der Waals surface area contributed by atoms with Gasteiger partial charge in [-0.15, -0.1) is 0 Å². The van der Waals surface area contributed by atoms with Crippen molar-refractivity contribution in [2.75, 3.05) is 31.6 Å². The molecule has 2 heterocycles. The number of amides is 1. The fourth-order valence-electron chi connectivity index (χ4n) is 4.12. The van der Waals surface area contributed by atoms with Crippen LogP contribution in [-0.2, 0) is 4.74 Å². The van der Waals surface area contributed by atoms with Crippen LogP contribution in [0.3, 0.4) is 0 Å². The van der Waals surface area contributed by atoms with Gasteiger partial charge < -0.3 is 24.2 Å². The molecule has 1 fully saturated rings. The number of hydrogen-bond acceptors (Lipinski definition) is 5. The van der Waals surface area contributed by atoms with Crippen molar-refractivity contribution < 1.29 is 23.8 Å². The lowest BCUT2D eigenvalue weighted by atomic mass is 10.1. The zero-order chi connectivity index (χ0) is 24.9. The normalized spacial score (nSPS) is 16.1. The Labute approximate surface area is 201 Å². The number of aromatic carboxylic acids is 1.